The van der Waals surface area contributed by atoms with Gasteiger partial charge in [-0.05, 0) is 37.3 Å². The number of nitrogens with zero attached hydrogens (tertiary/aromatic N) is 1. The number of rotatable bonds is 5. The van der Waals surface area contributed by atoms with Crippen LogP contribution in [0, 0.1) is 5.92 Å². The fourth-order valence-electron chi connectivity index (χ4n) is 2.63. The Morgan fingerprint density at radius 2 is 2.21 bits per heavy atom. The third-order valence-electron chi connectivity index (χ3n) is 4.07. The maximum Gasteiger partial charge on any atom is 0.243 e. The van der Waals surface area contributed by atoms with Gasteiger partial charge in [0, 0.05) is 23.5 Å². The van der Waals surface area contributed by atoms with E-state index in [4.69, 9.17) is 10.5 Å². The van der Waals surface area contributed by atoms with Crippen molar-refractivity contribution in [2.24, 2.45) is 11.7 Å². The number of ether oxygens (including phenoxy) is 1. The van der Waals surface area contributed by atoms with Crippen LogP contribution in [0.3, 0.4) is 0 Å². The molecule has 1 fully saturated rings. The van der Waals surface area contributed by atoms with Crippen molar-refractivity contribution in [1.29, 1.82) is 0 Å². The summed E-state index contributed by atoms with van der Waals surface area (Å²) >= 11 is 3.18. The monoisotopic (exact) mass is 387 g/mol. The number of aryl methyl sites for hydroxylation is 1. The summed E-state index contributed by atoms with van der Waals surface area (Å²) in [6.45, 7) is 3.51. The lowest BCUT2D eigenvalue weighted by Gasteiger charge is -2.26. The molecule has 0 saturated carbocycles. The molecule has 5 nitrogen and oxygen atoms in total. The molecular weight excluding hydrogens is 366 g/mol. The molecule has 0 bridgehead atoms. The van der Waals surface area contributed by atoms with E-state index in [9.17, 15) is 4.79 Å². The third kappa shape index (κ3) is 4.55. The van der Waals surface area contributed by atoms with E-state index in [1.807, 2.05) is 5.38 Å². The molecule has 3 rings (SSSR count). The van der Waals surface area contributed by atoms with Gasteiger partial charge in [0.2, 0.25) is 5.91 Å². The Hall–Kier alpha value is -0.990. The number of thiazole rings is 1. The number of amides is 1. The first-order valence-electron chi connectivity index (χ1n) is 7.86. The van der Waals surface area contributed by atoms with Crippen LogP contribution < -0.4 is 11.1 Å². The molecule has 132 valence electrons. The molecule has 1 atom stereocenters. The molecule has 1 saturated heterocycles. The molecule has 0 aromatic carbocycles. The van der Waals surface area contributed by atoms with E-state index < -0.39 is 6.04 Å². The van der Waals surface area contributed by atoms with Crippen LogP contribution in [0.2, 0.25) is 0 Å². The highest BCUT2D eigenvalue weighted by Gasteiger charge is 2.27. The molecule has 1 amide bonds. The number of hydrogen-bond acceptors (Lipinski definition) is 6. The zero-order valence-corrected chi connectivity index (χ0v) is 15.9. The fourth-order valence-corrected chi connectivity index (χ4v) is 4.32. The second-order valence-electron chi connectivity index (χ2n) is 5.62. The van der Waals surface area contributed by atoms with Crippen molar-refractivity contribution in [3.05, 3.63) is 22.4 Å². The van der Waals surface area contributed by atoms with E-state index >= 15 is 0 Å². The van der Waals surface area contributed by atoms with Gasteiger partial charge in [-0.15, -0.1) is 35.1 Å². The van der Waals surface area contributed by atoms with Gasteiger partial charge in [-0.1, -0.05) is 6.92 Å². The van der Waals surface area contributed by atoms with Crippen molar-refractivity contribution < 1.29 is 9.53 Å². The molecule has 1 aliphatic rings. The number of aromatic nitrogens is 1. The molecule has 24 heavy (non-hydrogen) atoms. The first kappa shape index (κ1) is 19.3. The highest BCUT2D eigenvalue weighted by atomic mass is 35.5. The Balaban J connectivity index is 0.00000208. The highest BCUT2D eigenvalue weighted by Crippen LogP contribution is 2.31. The number of nitrogens with two attached hydrogens (primary N) is 1. The smallest absolute Gasteiger partial charge is 0.243 e. The van der Waals surface area contributed by atoms with Gasteiger partial charge in [0.15, 0.2) is 5.13 Å². The molecule has 8 heteroatoms. The number of thiophene rings is 1. The Bertz CT molecular complexity index is 668. The summed E-state index contributed by atoms with van der Waals surface area (Å²) in [4.78, 5) is 19.3. The van der Waals surface area contributed by atoms with Crippen LogP contribution in [-0.2, 0) is 16.0 Å². The average molecular weight is 388 g/mol. The van der Waals surface area contributed by atoms with Gasteiger partial charge in [0.25, 0.3) is 0 Å². The average Bonchev–Trinajstić information content (AvgIpc) is 3.23. The Morgan fingerprint density at radius 3 is 2.88 bits per heavy atom. The summed E-state index contributed by atoms with van der Waals surface area (Å²) in [6.07, 6.45) is 2.71. The minimum absolute atomic E-state index is 0. The number of halogens is 1. The first-order chi connectivity index (χ1) is 11.2. The van der Waals surface area contributed by atoms with E-state index in [1.54, 1.807) is 11.3 Å². The van der Waals surface area contributed by atoms with Crippen molar-refractivity contribution in [3.8, 4) is 10.6 Å². The molecule has 0 radical (unpaired) electrons. The van der Waals surface area contributed by atoms with E-state index in [1.165, 1.54) is 16.2 Å². The summed E-state index contributed by atoms with van der Waals surface area (Å²) in [5.74, 6) is 0.0332. The van der Waals surface area contributed by atoms with Crippen LogP contribution in [0.4, 0.5) is 5.13 Å². The van der Waals surface area contributed by atoms with E-state index in [2.05, 4.69) is 29.4 Å². The second kappa shape index (κ2) is 8.92. The van der Waals surface area contributed by atoms with Gasteiger partial charge in [-0.2, -0.15) is 0 Å². The van der Waals surface area contributed by atoms with Gasteiger partial charge in [0.1, 0.15) is 0 Å². The third-order valence-corrected chi connectivity index (χ3v) is 6.08. The predicted octanol–water partition coefficient (Wildman–Crippen LogP) is 3.55. The van der Waals surface area contributed by atoms with Crippen LogP contribution in [0.15, 0.2) is 17.5 Å². The number of nitrogens with one attached hydrogen (secondary N) is 1. The van der Waals surface area contributed by atoms with Crippen LogP contribution in [0.25, 0.3) is 10.6 Å². The summed E-state index contributed by atoms with van der Waals surface area (Å²) < 4.78 is 5.32. The van der Waals surface area contributed by atoms with Gasteiger partial charge in [-0.25, -0.2) is 4.98 Å². The fraction of sp³-hybridized carbons (Fsp3) is 0.500. The molecule has 1 aliphatic heterocycles. The van der Waals surface area contributed by atoms with Crippen LogP contribution in [-0.4, -0.2) is 30.1 Å². The lowest BCUT2D eigenvalue weighted by molar-refractivity contribution is -0.119. The summed E-state index contributed by atoms with van der Waals surface area (Å²) in [5.41, 5.74) is 7.00. The summed E-state index contributed by atoms with van der Waals surface area (Å²) in [5, 5.41) is 5.44. The Morgan fingerprint density at radius 1 is 1.46 bits per heavy atom. The van der Waals surface area contributed by atoms with E-state index in [0.29, 0.717) is 18.3 Å². The number of hydrogen-bond donors (Lipinski definition) is 2. The van der Waals surface area contributed by atoms with Gasteiger partial charge in [0.05, 0.1) is 16.6 Å². The molecular formula is C16H22ClN3O2S2. The van der Waals surface area contributed by atoms with Gasteiger partial charge in [-0.3, -0.25) is 4.79 Å². The molecule has 3 heterocycles. The summed E-state index contributed by atoms with van der Waals surface area (Å²) in [6, 6.07) is 3.70. The van der Waals surface area contributed by atoms with Crippen LogP contribution in [0.1, 0.15) is 24.6 Å². The molecule has 3 N–H and O–H groups in total. The number of anilines is 1. The summed E-state index contributed by atoms with van der Waals surface area (Å²) in [7, 11) is 0. The van der Waals surface area contributed by atoms with Crippen molar-refractivity contribution in [1.82, 2.24) is 4.98 Å². The van der Waals surface area contributed by atoms with Crippen molar-refractivity contribution in [2.75, 3.05) is 18.5 Å². The van der Waals surface area contributed by atoms with Gasteiger partial charge < -0.3 is 15.8 Å². The molecule has 2 aromatic rings. The van der Waals surface area contributed by atoms with Crippen LogP contribution >= 0.6 is 35.1 Å². The molecule has 1 unspecified atom stereocenters. The number of carbonyl (C=O) groups is 1. The zero-order chi connectivity index (χ0) is 16.2. The topological polar surface area (TPSA) is 77.2 Å². The van der Waals surface area contributed by atoms with Crippen LogP contribution in [0.5, 0.6) is 0 Å². The standard InChI is InChI=1S/C16H21N3O2S2.ClH/c1-2-11-3-4-13(23-11)12-9-22-16(18-12)19-15(20)14(17)10-5-7-21-8-6-10;/h3-4,9-10,14H,2,5-8,17H2,1H3,(H,18,19,20);1H. The predicted molar refractivity (Wildman–Crippen MR) is 102 cm³/mol. The largest absolute Gasteiger partial charge is 0.381 e. The van der Waals surface area contributed by atoms with E-state index in [-0.39, 0.29) is 24.2 Å². The van der Waals surface area contributed by atoms with Crippen molar-refractivity contribution >= 4 is 46.1 Å². The minimum atomic E-state index is -0.500. The Kier molecular flexibility index (Phi) is 7.18. The maximum atomic E-state index is 12.3. The lowest BCUT2D eigenvalue weighted by atomic mass is 9.92. The van der Waals surface area contributed by atoms with Gasteiger partial charge >= 0.3 is 0 Å². The van der Waals surface area contributed by atoms with Crippen molar-refractivity contribution in [3.63, 3.8) is 0 Å². The quantitative estimate of drug-likeness (QED) is 0.822. The molecule has 2 aromatic heterocycles. The second-order valence-corrected chi connectivity index (χ2v) is 7.65. The SMILES string of the molecule is CCc1ccc(-c2csc(NC(=O)C(N)C3CCOCC3)n2)s1.Cl. The van der Waals surface area contributed by atoms with E-state index in [0.717, 1.165) is 29.8 Å². The number of carbonyl (C=O) groups excluding carboxylic acids is 1. The Labute approximate surface area is 156 Å². The molecule has 0 aliphatic carbocycles. The normalized spacial score (nSPS) is 16.4. The molecule has 0 spiro atoms. The maximum absolute atomic E-state index is 12.3. The first-order valence-corrected chi connectivity index (χ1v) is 9.55. The minimum Gasteiger partial charge on any atom is -0.381 e. The van der Waals surface area contributed by atoms with Crippen molar-refractivity contribution in [2.45, 2.75) is 32.2 Å². The lowest BCUT2D eigenvalue weighted by Crippen LogP contribution is -2.43. The zero-order valence-electron chi connectivity index (χ0n) is 13.5. The highest BCUT2D eigenvalue weighted by molar-refractivity contribution is 7.17.